The molecule has 0 spiro atoms. The van der Waals surface area contributed by atoms with E-state index in [1.54, 1.807) is 17.5 Å². The summed E-state index contributed by atoms with van der Waals surface area (Å²) in [6.45, 7) is 1.45. The molecule has 0 amide bonds. The molecule has 144 valence electrons. The van der Waals surface area contributed by atoms with Gasteiger partial charge in [-0.25, -0.2) is 0 Å². The number of nitrogens with zero attached hydrogens (tertiary/aromatic N) is 3. The molecule has 1 aliphatic rings. The van der Waals surface area contributed by atoms with E-state index in [-0.39, 0.29) is 16.9 Å². The van der Waals surface area contributed by atoms with Crippen molar-refractivity contribution in [3.63, 3.8) is 0 Å². The highest BCUT2D eigenvalue weighted by atomic mass is 79.9. The summed E-state index contributed by atoms with van der Waals surface area (Å²) < 4.78 is 0.941. The zero-order chi connectivity index (χ0) is 19.5. The minimum Gasteiger partial charge on any atom is -0.286 e. The van der Waals surface area contributed by atoms with Crippen LogP contribution in [0.25, 0.3) is 0 Å². The number of benzene rings is 1. The number of likely N-dealkylation sites (tertiary alicyclic amines) is 1. The molecule has 0 N–H and O–H groups in total. The molecular weight excluding hydrogens is 438 g/mol. The molecule has 7 heteroatoms. The maximum atomic E-state index is 12.3. The van der Waals surface area contributed by atoms with E-state index in [4.69, 9.17) is 0 Å². The highest BCUT2D eigenvalue weighted by Gasteiger charge is 2.47. The highest BCUT2D eigenvalue weighted by Crippen LogP contribution is 2.44. The van der Waals surface area contributed by atoms with Gasteiger partial charge in [0, 0.05) is 34.9 Å². The lowest BCUT2D eigenvalue weighted by atomic mass is 9.79. The molecule has 3 aromatic rings. The molecule has 0 aliphatic carbocycles. The predicted octanol–water partition coefficient (Wildman–Crippen LogP) is 5.28. The molecule has 0 radical (unpaired) electrons. The standard InChI is InChI=1S/C21H20BrN3O2S/c22-19-6-2-1-5-17(19)18-7-10-24(13-15-4-3-9-23-12-15)20(21(18)25(26)27)16-8-11-28-14-16/h1-6,8-9,11-12,14,18,20-21H,7,10,13H2/t18-,20+,21-/m0/s1. The van der Waals surface area contributed by atoms with Crippen LogP contribution in [-0.4, -0.2) is 27.4 Å². The fourth-order valence-corrected chi connectivity index (χ4v) is 5.45. The summed E-state index contributed by atoms with van der Waals surface area (Å²) in [7, 11) is 0. The van der Waals surface area contributed by atoms with Crippen LogP contribution in [0, 0.1) is 10.1 Å². The number of hydrogen-bond acceptors (Lipinski definition) is 5. The molecule has 5 nitrogen and oxygen atoms in total. The molecule has 0 saturated carbocycles. The van der Waals surface area contributed by atoms with E-state index in [9.17, 15) is 10.1 Å². The fourth-order valence-electron chi connectivity index (χ4n) is 4.18. The lowest BCUT2D eigenvalue weighted by Gasteiger charge is -2.41. The van der Waals surface area contributed by atoms with Crippen molar-refractivity contribution >= 4 is 27.3 Å². The first-order valence-electron chi connectivity index (χ1n) is 9.18. The summed E-state index contributed by atoms with van der Waals surface area (Å²) in [5, 5.41) is 16.3. The Morgan fingerprint density at radius 3 is 2.79 bits per heavy atom. The summed E-state index contributed by atoms with van der Waals surface area (Å²) in [4.78, 5) is 18.7. The SMILES string of the molecule is O=[N+]([O-])[C@@H]1[C@@H](c2ccsc2)N(Cc2cccnc2)CC[C@H]1c1ccccc1Br. The largest absolute Gasteiger partial charge is 0.286 e. The Morgan fingerprint density at radius 1 is 1.25 bits per heavy atom. The van der Waals surface area contributed by atoms with Crippen molar-refractivity contribution in [2.24, 2.45) is 0 Å². The van der Waals surface area contributed by atoms with E-state index in [1.165, 1.54) is 0 Å². The molecule has 4 rings (SSSR count). The Balaban J connectivity index is 1.73. The van der Waals surface area contributed by atoms with Crippen LogP contribution in [0.15, 0.2) is 70.1 Å². The first-order chi connectivity index (χ1) is 13.6. The topological polar surface area (TPSA) is 59.3 Å². The second kappa shape index (κ2) is 8.51. The van der Waals surface area contributed by atoms with Gasteiger partial charge in [0.25, 0.3) is 0 Å². The Bertz CT molecular complexity index is 936. The van der Waals surface area contributed by atoms with Gasteiger partial charge in [-0.05, 0) is 52.1 Å². The monoisotopic (exact) mass is 457 g/mol. The number of aromatic nitrogens is 1. The molecule has 1 aromatic carbocycles. The summed E-state index contributed by atoms with van der Waals surface area (Å²) in [6, 6.07) is 12.9. The first-order valence-corrected chi connectivity index (χ1v) is 10.9. The van der Waals surface area contributed by atoms with E-state index in [2.05, 4.69) is 25.8 Å². The molecule has 0 bridgehead atoms. The second-order valence-corrected chi connectivity index (χ2v) is 8.66. The maximum absolute atomic E-state index is 12.3. The quantitative estimate of drug-likeness (QED) is 0.386. The van der Waals surface area contributed by atoms with Gasteiger partial charge in [-0.2, -0.15) is 11.3 Å². The highest BCUT2D eigenvalue weighted by molar-refractivity contribution is 9.10. The molecule has 1 saturated heterocycles. The number of piperidine rings is 1. The van der Waals surface area contributed by atoms with Crippen molar-refractivity contribution in [2.75, 3.05) is 6.54 Å². The van der Waals surface area contributed by atoms with E-state index in [0.29, 0.717) is 6.54 Å². The number of nitro groups is 1. The Kier molecular flexibility index (Phi) is 5.85. The number of halogens is 1. The van der Waals surface area contributed by atoms with Gasteiger partial charge in [0.05, 0.1) is 5.92 Å². The Morgan fingerprint density at radius 2 is 2.11 bits per heavy atom. The smallest absolute Gasteiger partial charge is 0.239 e. The van der Waals surface area contributed by atoms with E-state index in [0.717, 1.165) is 34.1 Å². The molecule has 28 heavy (non-hydrogen) atoms. The van der Waals surface area contributed by atoms with Crippen LogP contribution >= 0.6 is 27.3 Å². The van der Waals surface area contributed by atoms with E-state index in [1.807, 2.05) is 59.4 Å². The van der Waals surface area contributed by atoms with Crippen molar-refractivity contribution in [1.29, 1.82) is 0 Å². The number of hydrogen-bond donors (Lipinski definition) is 0. The summed E-state index contributed by atoms with van der Waals surface area (Å²) >= 11 is 5.19. The molecular formula is C21H20BrN3O2S. The average molecular weight is 458 g/mol. The van der Waals surface area contributed by atoms with Gasteiger partial charge in [0.15, 0.2) is 0 Å². The van der Waals surface area contributed by atoms with Crippen LogP contribution in [0.3, 0.4) is 0 Å². The molecule has 1 fully saturated rings. The molecule has 3 heterocycles. The minimum absolute atomic E-state index is 0.0815. The van der Waals surface area contributed by atoms with Gasteiger partial charge in [0.1, 0.15) is 6.04 Å². The minimum atomic E-state index is -0.710. The predicted molar refractivity (Wildman–Crippen MR) is 114 cm³/mol. The van der Waals surface area contributed by atoms with Crippen LogP contribution in [0.1, 0.15) is 35.1 Å². The molecule has 1 aliphatic heterocycles. The van der Waals surface area contributed by atoms with Crippen molar-refractivity contribution in [3.8, 4) is 0 Å². The maximum Gasteiger partial charge on any atom is 0.239 e. The van der Waals surface area contributed by atoms with Crippen LogP contribution in [0.4, 0.5) is 0 Å². The van der Waals surface area contributed by atoms with E-state index < -0.39 is 6.04 Å². The van der Waals surface area contributed by atoms with Crippen LogP contribution in [0.5, 0.6) is 0 Å². The van der Waals surface area contributed by atoms with Crippen molar-refractivity contribution < 1.29 is 4.92 Å². The normalized spacial score (nSPS) is 22.8. The van der Waals surface area contributed by atoms with Gasteiger partial charge in [-0.1, -0.05) is 40.2 Å². The third-order valence-electron chi connectivity index (χ3n) is 5.40. The number of pyridine rings is 1. The van der Waals surface area contributed by atoms with Crippen LogP contribution < -0.4 is 0 Å². The summed E-state index contributed by atoms with van der Waals surface area (Å²) in [6.07, 6.45) is 4.33. The molecule has 3 atom stereocenters. The first kappa shape index (κ1) is 19.2. The van der Waals surface area contributed by atoms with Crippen LogP contribution in [0.2, 0.25) is 0 Å². The van der Waals surface area contributed by atoms with Crippen molar-refractivity contribution in [2.45, 2.75) is 31.0 Å². The van der Waals surface area contributed by atoms with Crippen molar-refractivity contribution in [1.82, 2.24) is 9.88 Å². The van der Waals surface area contributed by atoms with Gasteiger partial charge in [-0.15, -0.1) is 0 Å². The number of rotatable bonds is 5. The average Bonchev–Trinajstić information content (AvgIpc) is 3.23. The van der Waals surface area contributed by atoms with Gasteiger partial charge < -0.3 is 0 Å². The Labute approximate surface area is 176 Å². The fraction of sp³-hybridized carbons (Fsp3) is 0.286. The van der Waals surface area contributed by atoms with E-state index >= 15 is 0 Å². The lowest BCUT2D eigenvalue weighted by Crippen LogP contribution is -2.48. The van der Waals surface area contributed by atoms with Gasteiger partial charge in [-0.3, -0.25) is 20.0 Å². The molecule has 0 unspecified atom stereocenters. The zero-order valence-electron chi connectivity index (χ0n) is 15.1. The summed E-state index contributed by atoms with van der Waals surface area (Å²) in [5.74, 6) is -0.138. The second-order valence-electron chi connectivity index (χ2n) is 7.03. The Hall–Kier alpha value is -2.09. The third-order valence-corrected chi connectivity index (χ3v) is 6.82. The van der Waals surface area contributed by atoms with Gasteiger partial charge in [0.2, 0.25) is 6.04 Å². The van der Waals surface area contributed by atoms with Crippen LogP contribution in [-0.2, 0) is 6.54 Å². The summed E-state index contributed by atoms with van der Waals surface area (Å²) in [5.41, 5.74) is 3.11. The third kappa shape index (κ3) is 3.87. The number of thiophene rings is 1. The van der Waals surface area contributed by atoms with Crippen molar-refractivity contribution in [3.05, 3.63) is 96.9 Å². The van der Waals surface area contributed by atoms with Gasteiger partial charge >= 0.3 is 0 Å². The molecule has 2 aromatic heterocycles. The lowest BCUT2D eigenvalue weighted by molar-refractivity contribution is -0.540. The zero-order valence-corrected chi connectivity index (χ0v) is 17.6.